The standard InChI is InChI=1S/C18H22N4O4/c1-20-9-3-5-15(20)16-6-4-10-21(16)12-18(23)19-14-8-7-13(22(24)25)11-17(14)26-2/h3,5,7-9,11,16H,4,6,10,12H2,1-2H3,(H,19,23)/p+1/t16-/m0/s1. The molecule has 2 heterocycles. The number of hydrogen-bond donors (Lipinski definition) is 2. The second kappa shape index (κ2) is 7.57. The molecule has 0 bridgehead atoms. The van der Waals surface area contributed by atoms with Gasteiger partial charge in [-0.3, -0.25) is 14.9 Å². The molecule has 0 aliphatic carbocycles. The summed E-state index contributed by atoms with van der Waals surface area (Å²) >= 11 is 0. The molecule has 26 heavy (non-hydrogen) atoms. The van der Waals surface area contributed by atoms with Crippen molar-refractivity contribution in [3.8, 4) is 5.75 Å². The second-order valence-corrected chi connectivity index (χ2v) is 6.51. The molecular formula is C18H23N4O4+. The fraction of sp³-hybridized carbons (Fsp3) is 0.389. The van der Waals surface area contributed by atoms with Crippen LogP contribution >= 0.6 is 0 Å². The van der Waals surface area contributed by atoms with E-state index >= 15 is 0 Å². The molecule has 0 saturated carbocycles. The van der Waals surface area contributed by atoms with Gasteiger partial charge in [-0.05, 0) is 18.2 Å². The number of anilines is 1. The number of aryl methyl sites for hydroxylation is 1. The molecule has 0 spiro atoms. The van der Waals surface area contributed by atoms with Gasteiger partial charge in [-0.1, -0.05) is 0 Å². The van der Waals surface area contributed by atoms with Gasteiger partial charge in [0.05, 0.1) is 36.0 Å². The fourth-order valence-corrected chi connectivity index (χ4v) is 3.61. The molecule has 1 fully saturated rings. The van der Waals surface area contributed by atoms with Crippen LogP contribution in [0, 0.1) is 10.1 Å². The van der Waals surface area contributed by atoms with E-state index in [1.807, 2.05) is 19.3 Å². The summed E-state index contributed by atoms with van der Waals surface area (Å²) in [5.74, 6) is 0.149. The predicted octanol–water partition coefficient (Wildman–Crippen LogP) is 1.30. The number of ether oxygens (including phenoxy) is 1. The van der Waals surface area contributed by atoms with E-state index in [1.54, 1.807) is 0 Å². The molecule has 1 aromatic heterocycles. The van der Waals surface area contributed by atoms with E-state index < -0.39 is 4.92 Å². The molecule has 1 aromatic carbocycles. The van der Waals surface area contributed by atoms with Crippen molar-refractivity contribution in [2.45, 2.75) is 18.9 Å². The number of amides is 1. The number of aromatic nitrogens is 1. The SMILES string of the molecule is COc1cc([N+](=O)[O-])ccc1NC(=O)C[NH+]1CCC[C@H]1c1cccn1C. The number of quaternary nitrogens is 1. The quantitative estimate of drug-likeness (QED) is 0.601. The molecule has 2 atom stereocenters. The molecule has 8 nitrogen and oxygen atoms in total. The lowest BCUT2D eigenvalue weighted by molar-refractivity contribution is -0.910. The first-order chi connectivity index (χ1) is 12.5. The zero-order chi connectivity index (χ0) is 18.7. The summed E-state index contributed by atoms with van der Waals surface area (Å²) in [5.41, 5.74) is 1.60. The number of carbonyl (C=O) groups excluding carboxylic acids is 1. The summed E-state index contributed by atoms with van der Waals surface area (Å²) in [5, 5.41) is 13.7. The molecule has 138 valence electrons. The molecule has 1 aliphatic rings. The number of likely N-dealkylation sites (tertiary alicyclic amines) is 1. The van der Waals surface area contributed by atoms with Crippen LogP contribution in [0.5, 0.6) is 5.75 Å². The van der Waals surface area contributed by atoms with Gasteiger partial charge in [0.15, 0.2) is 6.54 Å². The lowest BCUT2D eigenvalue weighted by atomic mass is 10.1. The Hall–Kier alpha value is -2.87. The molecule has 3 rings (SSSR count). The number of rotatable bonds is 6. The summed E-state index contributed by atoms with van der Waals surface area (Å²) in [6.45, 7) is 1.29. The maximum absolute atomic E-state index is 12.5. The minimum atomic E-state index is -0.493. The highest BCUT2D eigenvalue weighted by Crippen LogP contribution is 2.28. The molecule has 2 N–H and O–H groups in total. The largest absolute Gasteiger partial charge is 0.494 e. The van der Waals surface area contributed by atoms with Crippen LogP contribution in [0.1, 0.15) is 24.6 Å². The van der Waals surface area contributed by atoms with Crippen molar-refractivity contribution in [1.82, 2.24) is 4.57 Å². The summed E-state index contributed by atoms with van der Waals surface area (Å²) < 4.78 is 7.28. The Morgan fingerprint density at radius 3 is 2.92 bits per heavy atom. The number of nitro benzene ring substituents is 1. The van der Waals surface area contributed by atoms with Gasteiger partial charge < -0.3 is 19.5 Å². The smallest absolute Gasteiger partial charge is 0.279 e. The Morgan fingerprint density at radius 2 is 2.27 bits per heavy atom. The van der Waals surface area contributed by atoms with Crippen LogP contribution in [0.4, 0.5) is 11.4 Å². The average Bonchev–Trinajstić information content (AvgIpc) is 3.23. The van der Waals surface area contributed by atoms with Gasteiger partial charge >= 0.3 is 0 Å². The molecule has 1 unspecified atom stereocenters. The topological polar surface area (TPSA) is 90.8 Å². The van der Waals surface area contributed by atoms with Gasteiger partial charge in [-0.25, -0.2) is 0 Å². The van der Waals surface area contributed by atoms with Crippen LogP contribution in [0.2, 0.25) is 0 Å². The number of benzene rings is 1. The van der Waals surface area contributed by atoms with Gasteiger partial charge in [0.2, 0.25) is 0 Å². The van der Waals surface area contributed by atoms with E-state index in [9.17, 15) is 14.9 Å². The van der Waals surface area contributed by atoms with E-state index in [0.717, 1.165) is 19.4 Å². The minimum absolute atomic E-state index is 0.0752. The van der Waals surface area contributed by atoms with Crippen molar-refractivity contribution in [3.05, 3.63) is 52.3 Å². The van der Waals surface area contributed by atoms with Crippen LogP contribution in [0.25, 0.3) is 0 Å². The van der Waals surface area contributed by atoms with Crippen LogP contribution < -0.4 is 15.0 Å². The highest BCUT2D eigenvalue weighted by Gasteiger charge is 2.33. The van der Waals surface area contributed by atoms with Crippen molar-refractivity contribution in [2.24, 2.45) is 7.05 Å². The van der Waals surface area contributed by atoms with E-state index in [-0.39, 0.29) is 17.3 Å². The third-order valence-corrected chi connectivity index (χ3v) is 4.88. The van der Waals surface area contributed by atoms with Gasteiger partial charge in [-0.2, -0.15) is 0 Å². The van der Waals surface area contributed by atoms with Gasteiger partial charge in [0, 0.05) is 32.2 Å². The van der Waals surface area contributed by atoms with E-state index in [1.165, 1.54) is 35.9 Å². The van der Waals surface area contributed by atoms with Crippen LogP contribution in [0.3, 0.4) is 0 Å². The first kappa shape index (κ1) is 17.9. The predicted molar refractivity (Wildman–Crippen MR) is 96.4 cm³/mol. The van der Waals surface area contributed by atoms with Crippen LogP contribution in [-0.2, 0) is 11.8 Å². The number of carbonyl (C=O) groups is 1. The van der Waals surface area contributed by atoms with E-state index in [4.69, 9.17) is 4.74 Å². The minimum Gasteiger partial charge on any atom is -0.494 e. The van der Waals surface area contributed by atoms with Gasteiger partial charge in [0.1, 0.15) is 11.8 Å². The molecule has 1 aliphatic heterocycles. The highest BCUT2D eigenvalue weighted by molar-refractivity contribution is 5.93. The maximum Gasteiger partial charge on any atom is 0.279 e. The van der Waals surface area contributed by atoms with Crippen LogP contribution in [0.15, 0.2) is 36.5 Å². The Bertz CT molecular complexity index is 817. The number of methoxy groups -OCH3 is 1. The lowest BCUT2D eigenvalue weighted by Gasteiger charge is -2.22. The monoisotopic (exact) mass is 359 g/mol. The highest BCUT2D eigenvalue weighted by atomic mass is 16.6. The molecule has 2 aromatic rings. The summed E-state index contributed by atoms with van der Waals surface area (Å²) in [7, 11) is 3.44. The summed E-state index contributed by atoms with van der Waals surface area (Å²) in [4.78, 5) is 24.1. The molecule has 8 heteroatoms. The second-order valence-electron chi connectivity index (χ2n) is 6.51. The molecular weight excluding hydrogens is 336 g/mol. The van der Waals surface area contributed by atoms with Crippen molar-refractivity contribution in [1.29, 1.82) is 0 Å². The average molecular weight is 359 g/mol. The fourth-order valence-electron chi connectivity index (χ4n) is 3.61. The van der Waals surface area contributed by atoms with Crippen molar-refractivity contribution >= 4 is 17.3 Å². The van der Waals surface area contributed by atoms with Crippen LogP contribution in [-0.4, -0.2) is 35.6 Å². The Balaban J connectivity index is 1.69. The molecule has 1 amide bonds. The van der Waals surface area contributed by atoms with Crippen molar-refractivity contribution < 1.29 is 19.4 Å². The number of nitro groups is 1. The molecule has 0 radical (unpaired) electrons. The third kappa shape index (κ3) is 3.70. The number of nitrogens with zero attached hydrogens (tertiary/aromatic N) is 2. The summed E-state index contributed by atoms with van der Waals surface area (Å²) in [6.07, 6.45) is 4.16. The van der Waals surface area contributed by atoms with E-state index in [2.05, 4.69) is 16.0 Å². The Labute approximate surface area is 151 Å². The van der Waals surface area contributed by atoms with Crippen molar-refractivity contribution in [2.75, 3.05) is 25.5 Å². The van der Waals surface area contributed by atoms with E-state index in [0.29, 0.717) is 18.3 Å². The zero-order valence-corrected chi connectivity index (χ0v) is 14.9. The molecule has 1 saturated heterocycles. The van der Waals surface area contributed by atoms with Crippen molar-refractivity contribution in [3.63, 3.8) is 0 Å². The number of nitrogens with one attached hydrogen (secondary N) is 2. The third-order valence-electron chi connectivity index (χ3n) is 4.88. The maximum atomic E-state index is 12.5. The Kier molecular flexibility index (Phi) is 5.22. The number of non-ortho nitro benzene ring substituents is 1. The first-order valence-electron chi connectivity index (χ1n) is 8.57. The van der Waals surface area contributed by atoms with Gasteiger partial charge in [-0.15, -0.1) is 0 Å². The first-order valence-corrected chi connectivity index (χ1v) is 8.57. The Morgan fingerprint density at radius 1 is 1.46 bits per heavy atom. The van der Waals surface area contributed by atoms with Gasteiger partial charge in [0.25, 0.3) is 11.6 Å². The zero-order valence-electron chi connectivity index (χ0n) is 14.9. The normalized spacial score (nSPS) is 19.3. The number of hydrogen-bond acceptors (Lipinski definition) is 4. The summed E-state index contributed by atoms with van der Waals surface area (Å²) in [6, 6.07) is 8.60. The lowest BCUT2D eigenvalue weighted by Crippen LogP contribution is -3.11.